The van der Waals surface area contributed by atoms with Gasteiger partial charge in [0.05, 0.1) is 0 Å². The molecule has 2 aromatic heterocycles. The molecule has 5 heteroatoms. The number of hydrogen-bond acceptors (Lipinski definition) is 4. The molecule has 0 unspecified atom stereocenters. The van der Waals surface area contributed by atoms with Gasteiger partial charge in [-0.3, -0.25) is 0 Å². The van der Waals surface area contributed by atoms with Crippen LogP contribution in [-0.2, 0) is 6.42 Å². The molecule has 27 heavy (non-hydrogen) atoms. The maximum atomic E-state index is 4.59. The van der Waals surface area contributed by atoms with Crippen molar-refractivity contribution in [2.45, 2.75) is 20.3 Å². The number of aryl methyl sites for hydroxylation is 2. The second-order valence-corrected chi connectivity index (χ2v) is 6.75. The lowest BCUT2D eigenvalue weighted by molar-refractivity contribution is 0.981. The maximum Gasteiger partial charge on any atom is 0.224 e. The van der Waals surface area contributed by atoms with Gasteiger partial charge in [0.2, 0.25) is 5.95 Å². The summed E-state index contributed by atoms with van der Waals surface area (Å²) in [5, 5.41) is 7.96. The zero-order valence-corrected chi connectivity index (χ0v) is 15.6. The molecule has 0 saturated heterocycles. The maximum absolute atomic E-state index is 4.59. The van der Waals surface area contributed by atoms with Gasteiger partial charge in [0, 0.05) is 41.1 Å². The Kier molecular flexibility index (Phi) is 4.75. The van der Waals surface area contributed by atoms with Crippen molar-refractivity contribution in [3.05, 3.63) is 77.6 Å². The van der Waals surface area contributed by atoms with E-state index in [0.717, 1.165) is 30.2 Å². The van der Waals surface area contributed by atoms with Crippen LogP contribution in [0.2, 0.25) is 0 Å². The van der Waals surface area contributed by atoms with Crippen molar-refractivity contribution < 1.29 is 0 Å². The van der Waals surface area contributed by atoms with E-state index < -0.39 is 0 Å². The Morgan fingerprint density at radius 2 is 1.78 bits per heavy atom. The Labute approximate surface area is 158 Å². The van der Waals surface area contributed by atoms with Crippen LogP contribution < -0.4 is 10.6 Å². The first-order chi connectivity index (χ1) is 13.2. The lowest BCUT2D eigenvalue weighted by Crippen LogP contribution is -2.09. The molecule has 0 spiro atoms. The number of H-pyrrole nitrogens is 1. The number of nitrogens with one attached hydrogen (secondary N) is 3. The molecule has 0 amide bonds. The molecule has 0 fully saturated rings. The molecule has 2 heterocycles. The van der Waals surface area contributed by atoms with Crippen LogP contribution >= 0.6 is 0 Å². The summed E-state index contributed by atoms with van der Waals surface area (Å²) in [4.78, 5) is 12.4. The first-order valence-electron chi connectivity index (χ1n) is 9.15. The summed E-state index contributed by atoms with van der Waals surface area (Å²) in [6.07, 6.45) is 2.98. The minimum Gasteiger partial charge on any atom is -0.361 e. The van der Waals surface area contributed by atoms with Crippen LogP contribution in [0.1, 0.15) is 16.8 Å². The lowest BCUT2D eigenvalue weighted by Gasteiger charge is -2.10. The van der Waals surface area contributed by atoms with E-state index in [4.69, 9.17) is 0 Å². The SMILES string of the molecule is Cc1ccc(Nc2cc(C)nc(NCCc3c[nH]c4ccccc34)n2)cc1. The minimum atomic E-state index is 0.643. The number of rotatable bonds is 6. The Bertz CT molecular complexity index is 1050. The van der Waals surface area contributed by atoms with Crippen molar-refractivity contribution in [2.75, 3.05) is 17.2 Å². The average molecular weight is 357 g/mol. The number of hydrogen-bond donors (Lipinski definition) is 3. The van der Waals surface area contributed by atoms with Gasteiger partial charge in [0.15, 0.2) is 0 Å². The first-order valence-corrected chi connectivity index (χ1v) is 9.15. The third-order valence-corrected chi connectivity index (χ3v) is 4.53. The first kappa shape index (κ1) is 17.1. The molecule has 2 aromatic carbocycles. The standard InChI is InChI=1S/C22H23N5/c1-15-7-9-18(10-8-15)26-21-13-16(2)25-22(27-21)23-12-11-17-14-24-20-6-4-3-5-19(17)20/h3-10,13-14,24H,11-12H2,1-2H3,(H2,23,25,26,27). The van der Waals surface area contributed by atoms with E-state index in [1.54, 1.807) is 0 Å². The molecule has 0 aliphatic carbocycles. The van der Waals surface area contributed by atoms with Gasteiger partial charge >= 0.3 is 0 Å². The molecule has 0 aliphatic rings. The van der Waals surface area contributed by atoms with Crippen molar-refractivity contribution in [2.24, 2.45) is 0 Å². The normalized spacial score (nSPS) is 10.9. The van der Waals surface area contributed by atoms with Gasteiger partial charge in [-0.25, -0.2) is 4.98 Å². The number of anilines is 3. The fourth-order valence-corrected chi connectivity index (χ4v) is 3.14. The molecule has 0 saturated carbocycles. The fraction of sp³-hybridized carbons (Fsp3) is 0.182. The third-order valence-electron chi connectivity index (χ3n) is 4.53. The highest BCUT2D eigenvalue weighted by Gasteiger charge is 2.05. The van der Waals surface area contributed by atoms with Crippen LogP contribution in [0, 0.1) is 13.8 Å². The molecule has 0 radical (unpaired) electrons. The van der Waals surface area contributed by atoms with E-state index in [-0.39, 0.29) is 0 Å². The molecular formula is C22H23N5. The number of nitrogens with zero attached hydrogens (tertiary/aromatic N) is 2. The Morgan fingerprint density at radius 3 is 2.63 bits per heavy atom. The van der Waals surface area contributed by atoms with Crippen LogP contribution in [0.15, 0.2) is 60.8 Å². The predicted molar refractivity (Wildman–Crippen MR) is 112 cm³/mol. The van der Waals surface area contributed by atoms with E-state index in [0.29, 0.717) is 5.95 Å². The van der Waals surface area contributed by atoms with Crippen LogP contribution in [0.3, 0.4) is 0 Å². The van der Waals surface area contributed by atoms with E-state index in [1.807, 2.05) is 19.1 Å². The quantitative estimate of drug-likeness (QED) is 0.456. The van der Waals surface area contributed by atoms with Gasteiger partial charge in [-0.15, -0.1) is 0 Å². The smallest absolute Gasteiger partial charge is 0.224 e. The topological polar surface area (TPSA) is 65.6 Å². The summed E-state index contributed by atoms with van der Waals surface area (Å²) in [6.45, 7) is 4.83. The highest BCUT2D eigenvalue weighted by Crippen LogP contribution is 2.19. The van der Waals surface area contributed by atoms with Crippen molar-refractivity contribution in [3.8, 4) is 0 Å². The van der Waals surface area contributed by atoms with E-state index in [2.05, 4.69) is 81.2 Å². The van der Waals surface area contributed by atoms with Crippen LogP contribution in [0.4, 0.5) is 17.5 Å². The Hall–Kier alpha value is -3.34. The third kappa shape index (κ3) is 4.08. The summed E-state index contributed by atoms with van der Waals surface area (Å²) in [7, 11) is 0. The zero-order chi connectivity index (χ0) is 18.6. The monoisotopic (exact) mass is 357 g/mol. The average Bonchev–Trinajstić information content (AvgIpc) is 3.07. The van der Waals surface area contributed by atoms with Gasteiger partial charge in [-0.05, 0) is 44.0 Å². The summed E-state index contributed by atoms with van der Waals surface area (Å²) in [5.74, 6) is 1.44. The van der Waals surface area contributed by atoms with Crippen LogP contribution in [0.25, 0.3) is 10.9 Å². The van der Waals surface area contributed by atoms with Crippen molar-refractivity contribution in [1.82, 2.24) is 15.0 Å². The lowest BCUT2D eigenvalue weighted by atomic mass is 10.1. The Balaban J connectivity index is 1.43. The van der Waals surface area contributed by atoms with Gasteiger partial charge in [0.25, 0.3) is 0 Å². The number of aromatic amines is 1. The second kappa shape index (κ2) is 7.50. The van der Waals surface area contributed by atoms with E-state index in [1.165, 1.54) is 22.0 Å². The van der Waals surface area contributed by atoms with Gasteiger partial charge in [-0.1, -0.05) is 35.9 Å². The number of para-hydroxylation sites is 1. The molecule has 5 nitrogen and oxygen atoms in total. The number of fused-ring (bicyclic) bond motifs is 1. The molecule has 136 valence electrons. The van der Waals surface area contributed by atoms with Crippen molar-refractivity contribution in [1.29, 1.82) is 0 Å². The molecule has 0 atom stereocenters. The number of benzene rings is 2. The summed E-state index contributed by atoms with van der Waals surface area (Å²) >= 11 is 0. The second-order valence-electron chi connectivity index (χ2n) is 6.75. The summed E-state index contributed by atoms with van der Waals surface area (Å²) in [6, 6.07) is 18.6. The van der Waals surface area contributed by atoms with Gasteiger partial charge < -0.3 is 15.6 Å². The Morgan fingerprint density at radius 1 is 0.963 bits per heavy atom. The summed E-state index contributed by atoms with van der Waals surface area (Å²) in [5.41, 5.74) is 5.64. The molecule has 4 aromatic rings. The molecule has 0 aliphatic heterocycles. The van der Waals surface area contributed by atoms with Crippen molar-refractivity contribution in [3.63, 3.8) is 0 Å². The largest absolute Gasteiger partial charge is 0.361 e. The highest BCUT2D eigenvalue weighted by atomic mass is 15.1. The molecule has 0 bridgehead atoms. The minimum absolute atomic E-state index is 0.643. The van der Waals surface area contributed by atoms with E-state index >= 15 is 0 Å². The van der Waals surface area contributed by atoms with E-state index in [9.17, 15) is 0 Å². The van der Waals surface area contributed by atoms with Crippen molar-refractivity contribution >= 4 is 28.4 Å². The molecule has 3 N–H and O–H groups in total. The number of aromatic nitrogens is 3. The summed E-state index contributed by atoms with van der Waals surface area (Å²) < 4.78 is 0. The zero-order valence-electron chi connectivity index (χ0n) is 15.6. The van der Waals surface area contributed by atoms with Crippen LogP contribution in [-0.4, -0.2) is 21.5 Å². The highest BCUT2D eigenvalue weighted by molar-refractivity contribution is 5.83. The fourth-order valence-electron chi connectivity index (χ4n) is 3.14. The van der Waals surface area contributed by atoms with Crippen LogP contribution in [0.5, 0.6) is 0 Å². The molecule has 4 rings (SSSR count). The predicted octanol–water partition coefficient (Wildman–Crippen LogP) is 4.97. The molecular weight excluding hydrogens is 334 g/mol. The van der Waals surface area contributed by atoms with Gasteiger partial charge in [0.1, 0.15) is 5.82 Å². The van der Waals surface area contributed by atoms with Gasteiger partial charge in [-0.2, -0.15) is 4.98 Å².